The van der Waals surface area contributed by atoms with E-state index in [0.717, 1.165) is 6.42 Å². The van der Waals surface area contributed by atoms with Crippen molar-refractivity contribution in [2.45, 2.75) is 96.8 Å². The van der Waals surface area contributed by atoms with Crippen LogP contribution in [0.3, 0.4) is 0 Å². The second-order valence-corrected chi connectivity index (χ2v) is 5.54. The fourth-order valence-corrected chi connectivity index (χ4v) is 2.41. The molecule has 2 heteroatoms. The number of hydrogen-bond acceptors (Lipinski definition) is 2. The van der Waals surface area contributed by atoms with Crippen LogP contribution in [0.5, 0.6) is 0 Å². The van der Waals surface area contributed by atoms with Gasteiger partial charge in [-0.3, -0.25) is 0 Å². The van der Waals surface area contributed by atoms with Gasteiger partial charge < -0.3 is 4.74 Å². The number of rotatable bonds is 15. The SMILES string of the molecule is CCCCCCCCCCCCCCCCOC#N. The van der Waals surface area contributed by atoms with Crippen LogP contribution < -0.4 is 0 Å². The molecule has 0 aromatic carbocycles. The van der Waals surface area contributed by atoms with Crippen LogP contribution in [-0.4, -0.2) is 6.61 Å². The van der Waals surface area contributed by atoms with Crippen molar-refractivity contribution in [3.05, 3.63) is 0 Å². The number of unbranched alkanes of at least 4 members (excludes halogenated alkanes) is 13. The lowest BCUT2D eigenvalue weighted by Crippen LogP contribution is -1.88. The Morgan fingerprint density at radius 3 is 1.37 bits per heavy atom. The van der Waals surface area contributed by atoms with E-state index in [1.54, 1.807) is 6.26 Å². The van der Waals surface area contributed by atoms with Gasteiger partial charge in [0.25, 0.3) is 6.26 Å². The van der Waals surface area contributed by atoms with Gasteiger partial charge in [0.05, 0.1) is 0 Å². The third kappa shape index (κ3) is 17.3. The van der Waals surface area contributed by atoms with Gasteiger partial charge in [-0.2, -0.15) is 5.26 Å². The Kier molecular flexibility index (Phi) is 16.6. The molecule has 0 aliphatic carbocycles. The van der Waals surface area contributed by atoms with Gasteiger partial charge in [0, 0.05) is 0 Å². The normalized spacial score (nSPS) is 10.3. The molecular formula is C17H33NO. The maximum absolute atomic E-state index is 8.20. The third-order valence-electron chi connectivity index (χ3n) is 3.66. The van der Waals surface area contributed by atoms with Crippen LogP contribution in [-0.2, 0) is 4.74 Å². The van der Waals surface area contributed by atoms with E-state index >= 15 is 0 Å². The molecule has 0 saturated carbocycles. The summed E-state index contributed by atoms with van der Waals surface area (Å²) in [6, 6.07) is 0. The highest BCUT2D eigenvalue weighted by atomic mass is 16.5. The van der Waals surface area contributed by atoms with E-state index in [1.807, 2.05) is 0 Å². The van der Waals surface area contributed by atoms with Crippen LogP contribution >= 0.6 is 0 Å². The molecule has 0 aliphatic rings. The first-order valence-corrected chi connectivity index (χ1v) is 8.42. The molecule has 0 saturated heterocycles. The van der Waals surface area contributed by atoms with Crippen LogP contribution in [0, 0.1) is 11.5 Å². The third-order valence-corrected chi connectivity index (χ3v) is 3.66. The predicted octanol–water partition coefficient (Wildman–Crippen LogP) is 5.97. The monoisotopic (exact) mass is 267 g/mol. The van der Waals surface area contributed by atoms with Crippen molar-refractivity contribution >= 4 is 0 Å². The molecule has 2 nitrogen and oxygen atoms in total. The Morgan fingerprint density at radius 1 is 0.632 bits per heavy atom. The molecule has 0 aromatic rings. The van der Waals surface area contributed by atoms with Gasteiger partial charge in [0.1, 0.15) is 6.61 Å². The van der Waals surface area contributed by atoms with E-state index in [4.69, 9.17) is 5.26 Å². The minimum absolute atomic E-state index is 0.606. The number of ether oxygens (including phenoxy) is 1. The highest BCUT2D eigenvalue weighted by Gasteiger charge is 1.94. The second kappa shape index (κ2) is 17.3. The average molecular weight is 267 g/mol. The summed E-state index contributed by atoms with van der Waals surface area (Å²) in [6.45, 7) is 2.88. The average Bonchev–Trinajstić information content (AvgIpc) is 2.43. The van der Waals surface area contributed by atoms with Crippen molar-refractivity contribution in [2.24, 2.45) is 0 Å². The van der Waals surface area contributed by atoms with Gasteiger partial charge in [-0.15, -0.1) is 0 Å². The van der Waals surface area contributed by atoms with Gasteiger partial charge in [-0.05, 0) is 6.42 Å². The summed E-state index contributed by atoms with van der Waals surface area (Å²) < 4.78 is 4.65. The van der Waals surface area contributed by atoms with Gasteiger partial charge in [-0.1, -0.05) is 90.4 Å². The van der Waals surface area contributed by atoms with E-state index in [9.17, 15) is 0 Å². The fourth-order valence-electron chi connectivity index (χ4n) is 2.41. The molecule has 112 valence electrons. The predicted molar refractivity (Wildman–Crippen MR) is 81.9 cm³/mol. The number of nitriles is 1. The summed E-state index contributed by atoms with van der Waals surface area (Å²) >= 11 is 0. The molecule has 0 radical (unpaired) electrons. The molecule has 0 heterocycles. The fraction of sp³-hybridized carbons (Fsp3) is 0.941. The van der Waals surface area contributed by atoms with Crippen molar-refractivity contribution < 1.29 is 4.74 Å². The molecule has 0 unspecified atom stereocenters. The number of hydrogen-bond donors (Lipinski definition) is 0. The molecule has 0 atom stereocenters. The first-order chi connectivity index (χ1) is 9.41. The van der Waals surface area contributed by atoms with Crippen molar-refractivity contribution in [2.75, 3.05) is 6.61 Å². The van der Waals surface area contributed by atoms with E-state index in [-0.39, 0.29) is 0 Å². The quantitative estimate of drug-likeness (QED) is 0.271. The molecular weight excluding hydrogens is 234 g/mol. The standard InChI is InChI=1S/C17H33NO/c1-2-3-4-5-6-7-8-9-10-11-12-13-14-15-16-19-17-18/h2-16H2,1H3. The summed E-state index contributed by atoms with van der Waals surface area (Å²) in [5, 5.41) is 8.20. The molecule has 0 bridgehead atoms. The van der Waals surface area contributed by atoms with Crippen LogP contribution in [0.4, 0.5) is 0 Å². The molecule has 0 amide bonds. The minimum atomic E-state index is 0.606. The topological polar surface area (TPSA) is 33.0 Å². The Bertz CT molecular complexity index is 198. The summed E-state index contributed by atoms with van der Waals surface area (Å²) in [5.41, 5.74) is 0. The van der Waals surface area contributed by atoms with Gasteiger partial charge >= 0.3 is 0 Å². The maximum Gasteiger partial charge on any atom is 0.286 e. The Labute approximate surface area is 120 Å². The van der Waals surface area contributed by atoms with Gasteiger partial charge in [0.2, 0.25) is 0 Å². The molecule has 0 N–H and O–H groups in total. The molecule has 0 aromatic heterocycles. The zero-order valence-electron chi connectivity index (χ0n) is 13.0. The smallest absolute Gasteiger partial charge is 0.286 e. The molecule has 0 aliphatic heterocycles. The molecule has 0 fully saturated rings. The van der Waals surface area contributed by atoms with E-state index < -0.39 is 0 Å². The van der Waals surface area contributed by atoms with Crippen LogP contribution in [0.1, 0.15) is 96.8 Å². The zero-order chi connectivity index (χ0) is 14.0. The lowest BCUT2D eigenvalue weighted by molar-refractivity contribution is 0.260. The first-order valence-electron chi connectivity index (χ1n) is 8.42. The van der Waals surface area contributed by atoms with Crippen LogP contribution in [0.15, 0.2) is 0 Å². The van der Waals surface area contributed by atoms with Crippen molar-refractivity contribution in [1.29, 1.82) is 5.26 Å². The maximum atomic E-state index is 8.20. The Hall–Kier alpha value is -0.710. The summed E-state index contributed by atoms with van der Waals surface area (Å²) in [7, 11) is 0. The zero-order valence-corrected chi connectivity index (χ0v) is 13.0. The van der Waals surface area contributed by atoms with E-state index in [2.05, 4.69) is 11.7 Å². The molecule has 0 spiro atoms. The largest absolute Gasteiger partial charge is 0.428 e. The molecule has 0 rings (SSSR count). The lowest BCUT2D eigenvalue weighted by atomic mass is 10.0. The summed E-state index contributed by atoms with van der Waals surface area (Å²) in [4.78, 5) is 0. The Morgan fingerprint density at radius 2 is 1.00 bits per heavy atom. The Balaban J connectivity index is 2.90. The van der Waals surface area contributed by atoms with E-state index in [0.29, 0.717) is 6.61 Å². The highest BCUT2D eigenvalue weighted by molar-refractivity contribution is 4.51. The minimum Gasteiger partial charge on any atom is -0.428 e. The lowest BCUT2D eigenvalue weighted by Gasteiger charge is -2.02. The number of nitrogens with zero attached hydrogens (tertiary/aromatic N) is 1. The van der Waals surface area contributed by atoms with Crippen molar-refractivity contribution in [1.82, 2.24) is 0 Å². The second-order valence-electron chi connectivity index (χ2n) is 5.54. The summed E-state index contributed by atoms with van der Waals surface area (Å²) in [5.74, 6) is 0. The highest BCUT2D eigenvalue weighted by Crippen LogP contribution is 2.12. The van der Waals surface area contributed by atoms with Crippen LogP contribution in [0.25, 0.3) is 0 Å². The summed E-state index contributed by atoms with van der Waals surface area (Å²) in [6.07, 6.45) is 20.8. The van der Waals surface area contributed by atoms with Crippen molar-refractivity contribution in [3.8, 4) is 6.26 Å². The van der Waals surface area contributed by atoms with E-state index in [1.165, 1.54) is 83.5 Å². The molecule has 19 heavy (non-hydrogen) atoms. The van der Waals surface area contributed by atoms with Crippen molar-refractivity contribution in [3.63, 3.8) is 0 Å². The van der Waals surface area contributed by atoms with Gasteiger partial charge in [-0.25, -0.2) is 0 Å². The van der Waals surface area contributed by atoms with Crippen LogP contribution in [0.2, 0.25) is 0 Å². The first kappa shape index (κ1) is 18.3. The van der Waals surface area contributed by atoms with Gasteiger partial charge in [0.15, 0.2) is 0 Å².